The van der Waals surface area contributed by atoms with E-state index in [1.807, 2.05) is 0 Å². The second-order valence-corrected chi connectivity index (χ2v) is 5.50. The molecule has 0 aromatic rings. The van der Waals surface area contributed by atoms with Crippen LogP contribution in [-0.2, 0) is 4.74 Å². The Morgan fingerprint density at radius 2 is 1.89 bits per heavy atom. The van der Waals surface area contributed by atoms with Gasteiger partial charge in [-0.1, -0.05) is 32.6 Å². The molecule has 1 fully saturated rings. The first kappa shape index (κ1) is 15.9. The number of rotatable bonds is 10. The van der Waals surface area contributed by atoms with Gasteiger partial charge >= 0.3 is 0 Å². The summed E-state index contributed by atoms with van der Waals surface area (Å²) < 4.78 is 5.17. The topological polar surface area (TPSA) is 24.5 Å². The summed E-state index contributed by atoms with van der Waals surface area (Å²) >= 11 is 0. The summed E-state index contributed by atoms with van der Waals surface area (Å²) in [6, 6.07) is 0. The molecule has 0 aliphatic carbocycles. The van der Waals surface area contributed by atoms with E-state index < -0.39 is 0 Å². The summed E-state index contributed by atoms with van der Waals surface area (Å²) in [7, 11) is 1.81. The van der Waals surface area contributed by atoms with E-state index in [1.165, 1.54) is 71.2 Å². The lowest BCUT2D eigenvalue weighted by Gasteiger charge is -2.27. The van der Waals surface area contributed by atoms with Gasteiger partial charge in [0.25, 0.3) is 0 Å². The predicted molar refractivity (Wildman–Crippen MR) is 78.1 cm³/mol. The summed E-state index contributed by atoms with van der Waals surface area (Å²) in [4.78, 5) is 2.60. The maximum atomic E-state index is 5.17. The highest BCUT2D eigenvalue weighted by molar-refractivity contribution is 4.67. The SMILES string of the molecule is CCC(CCCCCN1CCNCC1)CCOC. The van der Waals surface area contributed by atoms with Crippen molar-refractivity contribution in [2.24, 2.45) is 5.92 Å². The number of unbranched alkanes of at least 4 members (excludes halogenated alkanes) is 2. The van der Waals surface area contributed by atoms with Gasteiger partial charge in [-0.25, -0.2) is 0 Å². The molecule has 0 amide bonds. The molecule has 3 nitrogen and oxygen atoms in total. The van der Waals surface area contributed by atoms with Crippen LogP contribution < -0.4 is 5.32 Å². The quantitative estimate of drug-likeness (QED) is 0.608. The average molecular weight is 256 g/mol. The van der Waals surface area contributed by atoms with Gasteiger partial charge in [0.1, 0.15) is 0 Å². The summed E-state index contributed by atoms with van der Waals surface area (Å²) in [5.74, 6) is 0.879. The number of piperazine rings is 1. The Hall–Kier alpha value is -0.120. The van der Waals surface area contributed by atoms with Crippen LogP contribution in [-0.4, -0.2) is 51.3 Å². The second-order valence-electron chi connectivity index (χ2n) is 5.50. The zero-order valence-corrected chi connectivity index (χ0v) is 12.4. The second kappa shape index (κ2) is 10.8. The van der Waals surface area contributed by atoms with Crippen molar-refractivity contribution in [2.75, 3.05) is 46.4 Å². The van der Waals surface area contributed by atoms with Gasteiger partial charge in [0.2, 0.25) is 0 Å². The van der Waals surface area contributed by atoms with Crippen LogP contribution in [0.1, 0.15) is 45.4 Å². The summed E-state index contributed by atoms with van der Waals surface area (Å²) in [6.45, 7) is 9.37. The predicted octanol–water partition coefficient (Wildman–Crippen LogP) is 2.51. The van der Waals surface area contributed by atoms with Crippen LogP contribution in [0.15, 0.2) is 0 Å². The highest BCUT2D eigenvalue weighted by Gasteiger charge is 2.09. The van der Waals surface area contributed by atoms with Gasteiger partial charge in [-0.15, -0.1) is 0 Å². The molecule has 1 N–H and O–H groups in total. The van der Waals surface area contributed by atoms with Crippen LogP contribution in [0.2, 0.25) is 0 Å². The minimum absolute atomic E-state index is 0.879. The molecule has 1 atom stereocenters. The van der Waals surface area contributed by atoms with E-state index in [0.717, 1.165) is 12.5 Å². The fraction of sp³-hybridized carbons (Fsp3) is 1.00. The van der Waals surface area contributed by atoms with Crippen LogP contribution >= 0.6 is 0 Å². The number of hydrogen-bond acceptors (Lipinski definition) is 3. The first-order valence-electron chi connectivity index (χ1n) is 7.78. The van der Waals surface area contributed by atoms with Crippen molar-refractivity contribution in [2.45, 2.75) is 45.4 Å². The molecule has 0 aromatic carbocycles. The summed E-state index contributed by atoms with van der Waals surface area (Å²) in [6.07, 6.45) is 8.11. The summed E-state index contributed by atoms with van der Waals surface area (Å²) in [5, 5.41) is 3.40. The van der Waals surface area contributed by atoms with Crippen LogP contribution in [0.3, 0.4) is 0 Å². The van der Waals surface area contributed by atoms with E-state index in [9.17, 15) is 0 Å². The molecule has 0 saturated carbocycles. The van der Waals surface area contributed by atoms with E-state index in [0.29, 0.717) is 0 Å². The third-order valence-corrected chi connectivity index (χ3v) is 4.10. The largest absolute Gasteiger partial charge is 0.385 e. The van der Waals surface area contributed by atoms with Gasteiger partial charge in [-0.05, 0) is 25.3 Å². The molecule has 1 heterocycles. The maximum Gasteiger partial charge on any atom is 0.0464 e. The Bertz CT molecular complexity index is 181. The maximum absolute atomic E-state index is 5.17. The van der Waals surface area contributed by atoms with Crippen LogP contribution in [0, 0.1) is 5.92 Å². The van der Waals surface area contributed by atoms with Crippen molar-refractivity contribution in [1.29, 1.82) is 0 Å². The molecule has 1 saturated heterocycles. The molecule has 3 heteroatoms. The molecule has 1 aliphatic heterocycles. The van der Waals surface area contributed by atoms with Gasteiger partial charge in [-0.2, -0.15) is 0 Å². The lowest BCUT2D eigenvalue weighted by molar-refractivity contribution is 0.172. The van der Waals surface area contributed by atoms with Crippen molar-refractivity contribution in [3.63, 3.8) is 0 Å². The molecule has 0 aromatic heterocycles. The van der Waals surface area contributed by atoms with Crippen LogP contribution in [0.4, 0.5) is 0 Å². The van der Waals surface area contributed by atoms with Crippen molar-refractivity contribution >= 4 is 0 Å². The number of hydrogen-bond donors (Lipinski definition) is 1. The third kappa shape index (κ3) is 7.34. The molecule has 1 rings (SSSR count). The normalized spacial score (nSPS) is 19.0. The van der Waals surface area contributed by atoms with Crippen molar-refractivity contribution in [3.05, 3.63) is 0 Å². The number of methoxy groups -OCH3 is 1. The van der Waals surface area contributed by atoms with Gasteiger partial charge in [0.05, 0.1) is 0 Å². The fourth-order valence-corrected chi connectivity index (χ4v) is 2.72. The highest BCUT2D eigenvalue weighted by atomic mass is 16.5. The Balaban J connectivity index is 1.93. The fourth-order valence-electron chi connectivity index (χ4n) is 2.72. The number of nitrogens with zero attached hydrogens (tertiary/aromatic N) is 1. The zero-order chi connectivity index (χ0) is 13.1. The molecule has 0 radical (unpaired) electrons. The van der Waals surface area contributed by atoms with Gasteiger partial charge in [0.15, 0.2) is 0 Å². The lowest BCUT2D eigenvalue weighted by Crippen LogP contribution is -2.43. The molecule has 108 valence electrons. The van der Waals surface area contributed by atoms with Crippen LogP contribution in [0.25, 0.3) is 0 Å². The zero-order valence-electron chi connectivity index (χ0n) is 12.4. The van der Waals surface area contributed by atoms with E-state index in [4.69, 9.17) is 4.74 Å². The van der Waals surface area contributed by atoms with Crippen molar-refractivity contribution in [1.82, 2.24) is 10.2 Å². The van der Waals surface area contributed by atoms with E-state index in [-0.39, 0.29) is 0 Å². The molecule has 0 bridgehead atoms. The molecule has 18 heavy (non-hydrogen) atoms. The van der Waals surface area contributed by atoms with Gasteiger partial charge < -0.3 is 15.0 Å². The van der Waals surface area contributed by atoms with E-state index >= 15 is 0 Å². The lowest BCUT2D eigenvalue weighted by atomic mass is 9.95. The Labute approximate surface area is 113 Å². The van der Waals surface area contributed by atoms with Crippen molar-refractivity contribution in [3.8, 4) is 0 Å². The number of nitrogens with one attached hydrogen (secondary N) is 1. The first-order valence-corrected chi connectivity index (χ1v) is 7.78. The Kier molecular flexibility index (Phi) is 9.54. The minimum atomic E-state index is 0.879. The first-order chi connectivity index (χ1) is 8.86. The minimum Gasteiger partial charge on any atom is -0.385 e. The Morgan fingerprint density at radius 3 is 2.56 bits per heavy atom. The highest BCUT2D eigenvalue weighted by Crippen LogP contribution is 2.17. The van der Waals surface area contributed by atoms with Gasteiger partial charge in [-0.3, -0.25) is 0 Å². The standard InChI is InChI=1S/C15H32N2O/c1-3-15(8-14-18-2)7-5-4-6-11-17-12-9-16-10-13-17/h15-16H,3-14H2,1-2H3. The molecule has 1 aliphatic rings. The monoisotopic (exact) mass is 256 g/mol. The Morgan fingerprint density at radius 1 is 1.11 bits per heavy atom. The molecule has 1 unspecified atom stereocenters. The molecular formula is C15H32N2O. The summed E-state index contributed by atoms with van der Waals surface area (Å²) in [5.41, 5.74) is 0. The molecular weight excluding hydrogens is 224 g/mol. The van der Waals surface area contributed by atoms with E-state index in [1.54, 1.807) is 7.11 Å². The average Bonchev–Trinajstić information content (AvgIpc) is 2.43. The number of ether oxygens (including phenoxy) is 1. The van der Waals surface area contributed by atoms with Crippen LogP contribution in [0.5, 0.6) is 0 Å². The van der Waals surface area contributed by atoms with Crippen molar-refractivity contribution < 1.29 is 4.74 Å². The smallest absolute Gasteiger partial charge is 0.0464 e. The molecule has 0 spiro atoms. The van der Waals surface area contributed by atoms with Gasteiger partial charge in [0, 0.05) is 39.9 Å². The third-order valence-electron chi connectivity index (χ3n) is 4.10. The van der Waals surface area contributed by atoms with E-state index in [2.05, 4.69) is 17.1 Å².